The number of rotatable bonds is 13. The first-order valence-corrected chi connectivity index (χ1v) is 13.4. The van der Waals surface area contributed by atoms with Crippen LogP contribution in [0.2, 0.25) is 0 Å². The quantitative estimate of drug-likeness (QED) is 0.183. The van der Waals surface area contributed by atoms with Gasteiger partial charge in [-0.05, 0) is 61.9 Å². The van der Waals surface area contributed by atoms with Gasteiger partial charge in [0.2, 0.25) is 0 Å². The van der Waals surface area contributed by atoms with Gasteiger partial charge < -0.3 is 10.1 Å². The topological polar surface area (TPSA) is 86.1 Å². The van der Waals surface area contributed by atoms with Gasteiger partial charge in [-0.2, -0.15) is 5.10 Å². The third-order valence-electron chi connectivity index (χ3n) is 6.53. The Kier molecular flexibility index (Phi) is 8.83. The number of nitrogens with one attached hydrogen (secondary N) is 1. The number of nitrogens with zero attached hydrogens (tertiary/aromatic N) is 3. The second-order valence-corrected chi connectivity index (χ2v) is 10.3. The monoisotopic (exact) mass is 506 g/mol. The lowest BCUT2D eigenvalue weighted by molar-refractivity contribution is 0.0935. The molecule has 1 N–H and O–H groups in total. The zero-order valence-corrected chi connectivity index (χ0v) is 22.1. The normalized spacial score (nSPS) is 12.3. The van der Waals surface area contributed by atoms with Crippen molar-refractivity contribution in [1.29, 1.82) is 0 Å². The van der Waals surface area contributed by atoms with Crippen molar-refractivity contribution < 1.29 is 14.3 Å². The van der Waals surface area contributed by atoms with Gasteiger partial charge in [-0.1, -0.05) is 25.5 Å². The molecule has 0 radical (unpaired) electrons. The lowest BCUT2D eigenvalue weighted by Crippen LogP contribution is -2.27. The summed E-state index contributed by atoms with van der Waals surface area (Å²) in [5.74, 6) is 0.466. The highest BCUT2D eigenvalue weighted by Gasteiger charge is 2.17. The van der Waals surface area contributed by atoms with Crippen LogP contribution < -0.4 is 5.32 Å². The minimum Gasteiger partial charge on any atom is -0.383 e. The molecular formula is C28H34N4O3S. The molecule has 0 saturated carbocycles. The van der Waals surface area contributed by atoms with Crippen molar-refractivity contribution >= 4 is 44.1 Å². The molecule has 1 unspecified atom stereocenters. The summed E-state index contributed by atoms with van der Waals surface area (Å²) in [5, 5.41) is 9.27. The van der Waals surface area contributed by atoms with Crippen LogP contribution in [0, 0.1) is 12.8 Å². The number of ketones is 1. The van der Waals surface area contributed by atoms with Crippen LogP contribution >= 0.6 is 11.3 Å². The molecule has 0 aliphatic carbocycles. The number of benzene rings is 2. The Labute approximate surface area is 215 Å². The highest BCUT2D eigenvalue weighted by Crippen LogP contribution is 2.25. The van der Waals surface area contributed by atoms with Gasteiger partial charge in [0.25, 0.3) is 5.91 Å². The van der Waals surface area contributed by atoms with Gasteiger partial charge in [0.05, 0.1) is 22.3 Å². The third-order valence-corrected chi connectivity index (χ3v) is 7.61. The highest BCUT2D eigenvalue weighted by molar-refractivity contribution is 7.20. The van der Waals surface area contributed by atoms with Gasteiger partial charge in [0, 0.05) is 43.8 Å². The van der Waals surface area contributed by atoms with Crippen LogP contribution in [0.5, 0.6) is 0 Å². The van der Waals surface area contributed by atoms with E-state index in [-0.39, 0.29) is 11.7 Å². The second-order valence-electron chi connectivity index (χ2n) is 9.23. The first-order chi connectivity index (χ1) is 17.5. The van der Waals surface area contributed by atoms with E-state index in [9.17, 15) is 9.59 Å². The maximum Gasteiger partial charge on any atom is 0.251 e. The van der Waals surface area contributed by atoms with E-state index in [4.69, 9.17) is 9.84 Å². The first kappa shape index (κ1) is 26.0. The van der Waals surface area contributed by atoms with E-state index in [0.717, 1.165) is 58.9 Å². The van der Waals surface area contributed by atoms with Crippen molar-refractivity contribution in [2.24, 2.45) is 5.92 Å². The van der Waals surface area contributed by atoms with Gasteiger partial charge >= 0.3 is 0 Å². The number of Topliss-reactive ketones (excluding diaryl/α,β-unsaturated/α-hetero) is 1. The summed E-state index contributed by atoms with van der Waals surface area (Å²) in [4.78, 5) is 29.8. The van der Waals surface area contributed by atoms with Crippen LogP contribution in [-0.2, 0) is 11.3 Å². The number of hydrogen-bond donors (Lipinski definition) is 1. The highest BCUT2D eigenvalue weighted by atomic mass is 32.1. The summed E-state index contributed by atoms with van der Waals surface area (Å²) in [6, 6.07) is 11.6. The van der Waals surface area contributed by atoms with E-state index < -0.39 is 0 Å². The fourth-order valence-corrected chi connectivity index (χ4v) is 5.56. The number of aryl methyl sites for hydroxylation is 1. The lowest BCUT2D eigenvalue weighted by atomic mass is 9.96. The molecule has 0 aliphatic rings. The molecule has 2 heterocycles. The Morgan fingerprint density at radius 1 is 1.14 bits per heavy atom. The molecule has 4 rings (SSSR count). The van der Waals surface area contributed by atoms with Crippen molar-refractivity contribution in [2.45, 2.75) is 52.5 Å². The third kappa shape index (κ3) is 6.17. The molecule has 0 fully saturated rings. The van der Waals surface area contributed by atoms with Gasteiger partial charge in [0.15, 0.2) is 10.8 Å². The fraction of sp³-hybridized carbons (Fsp3) is 0.429. The van der Waals surface area contributed by atoms with E-state index in [2.05, 4.69) is 17.2 Å². The summed E-state index contributed by atoms with van der Waals surface area (Å²) in [5.41, 5.74) is 3.38. The molecule has 1 amide bonds. The molecule has 36 heavy (non-hydrogen) atoms. The number of hydrogen-bond acceptors (Lipinski definition) is 6. The minimum atomic E-state index is -0.0964. The van der Waals surface area contributed by atoms with Crippen molar-refractivity contribution in [3.05, 3.63) is 58.7 Å². The number of ether oxygens (including phenoxy) is 1. The van der Waals surface area contributed by atoms with E-state index >= 15 is 0 Å². The van der Waals surface area contributed by atoms with Crippen molar-refractivity contribution in [3.63, 3.8) is 0 Å². The van der Waals surface area contributed by atoms with Crippen molar-refractivity contribution in [2.75, 3.05) is 20.3 Å². The Morgan fingerprint density at radius 3 is 2.75 bits per heavy atom. The van der Waals surface area contributed by atoms with Gasteiger partial charge in [-0.25, -0.2) is 4.98 Å². The molecule has 4 aromatic rings. The van der Waals surface area contributed by atoms with E-state index in [1.165, 1.54) is 11.3 Å². The number of carbonyl (C=O) groups excluding carboxylic acids is 2. The Hall–Kier alpha value is -3.10. The van der Waals surface area contributed by atoms with Gasteiger partial charge in [-0.3, -0.25) is 14.3 Å². The Balaban J connectivity index is 1.38. The number of amides is 1. The minimum absolute atomic E-state index is 0.0964. The molecule has 8 heteroatoms. The average Bonchev–Trinajstić information content (AvgIpc) is 3.49. The molecule has 0 aliphatic heterocycles. The van der Waals surface area contributed by atoms with Crippen LogP contribution in [0.15, 0.2) is 42.6 Å². The van der Waals surface area contributed by atoms with Crippen LogP contribution in [0.3, 0.4) is 0 Å². The van der Waals surface area contributed by atoms with Crippen LogP contribution in [0.1, 0.15) is 64.8 Å². The zero-order chi connectivity index (χ0) is 25.5. The van der Waals surface area contributed by atoms with E-state index in [1.807, 2.05) is 54.2 Å². The molecule has 2 aromatic heterocycles. The van der Waals surface area contributed by atoms with Gasteiger partial charge in [-0.15, -0.1) is 11.3 Å². The first-order valence-electron chi connectivity index (χ1n) is 12.6. The van der Waals surface area contributed by atoms with Crippen LogP contribution in [0.25, 0.3) is 21.1 Å². The second kappa shape index (κ2) is 12.2. The van der Waals surface area contributed by atoms with Crippen molar-refractivity contribution in [3.8, 4) is 0 Å². The maximum atomic E-state index is 12.7. The largest absolute Gasteiger partial charge is 0.383 e. The predicted octanol–water partition coefficient (Wildman–Crippen LogP) is 5.80. The molecule has 0 bridgehead atoms. The van der Waals surface area contributed by atoms with E-state index in [1.54, 1.807) is 7.11 Å². The molecule has 0 saturated heterocycles. The molecular weight excluding hydrogens is 472 g/mol. The summed E-state index contributed by atoms with van der Waals surface area (Å²) in [6.07, 6.45) is 6.53. The summed E-state index contributed by atoms with van der Waals surface area (Å²) < 4.78 is 8.07. The Morgan fingerprint density at radius 2 is 1.97 bits per heavy atom. The average molecular weight is 507 g/mol. The number of carbonyl (C=O) groups is 2. The van der Waals surface area contributed by atoms with Crippen LogP contribution in [-0.4, -0.2) is 46.7 Å². The molecule has 190 valence electrons. The van der Waals surface area contributed by atoms with E-state index in [0.29, 0.717) is 36.1 Å². The standard InChI is InChI=1S/C28H34N4O3S/c1-4-8-20(9-7-11-25(33)28-30-24-10-5-6-12-26(24)36-28)17-32-18-22-19(2)21(13-14-23(22)31-32)27(34)29-15-16-35-3/h5-6,10,12-14,18,20H,4,7-9,11,15-17H2,1-3H3,(H,29,34). The molecule has 2 aromatic carbocycles. The smallest absolute Gasteiger partial charge is 0.251 e. The fourth-order valence-electron chi connectivity index (χ4n) is 4.63. The maximum absolute atomic E-state index is 12.7. The number of fused-ring (bicyclic) bond motifs is 2. The Bertz CT molecular complexity index is 1310. The number of thiazole rings is 1. The van der Waals surface area contributed by atoms with Crippen molar-refractivity contribution in [1.82, 2.24) is 20.1 Å². The lowest BCUT2D eigenvalue weighted by Gasteiger charge is -2.15. The number of aromatic nitrogens is 3. The summed E-state index contributed by atoms with van der Waals surface area (Å²) in [7, 11) is 1.62. The SMILES string of the molecule is CCCC(CCCC(=O)c1nc2ccccc2s1)Cn1cc2c(C)c(C(=O)NCCOC)ccc2n1. The van der Waals surface area contributed by atoms with Gasteiger partial charge in [0.1, 0.15) is 0 Å². The zero-order valence-electron chi connectivity index (χ0n) is 21.3. The molecule has 0 spiro atoms. The summed E-state index contributed by atoms with van der Waals surface area (Å²) in [6.45, 7) is 5.92. The summed E-state index contributed by atoms with van der Waals surface area (Å²) >= 11 is 1.48. The number of para-hydroxylation sites is 1. The number of methoxy groups -OCH3 is 1. The molecule has 7 nitrogen and oxygen atoms in total. The van der Waals surface area contributed by atoms with Crippen LogP contribution in [0.4, 0.5) is 0 Å². The molecule has 1 atom stereocenters. The predicted molar refractivity (Wildman–Crippen MR) is 145 cm³/mol.